The molecule has 24 heavy (non-hydrogen) atoms. The van der Waals surface area contributed by atoms with Gasteiger partial charge >= 0.3 is 5.97 Å². The molecular weight excluding hydrogens is 332 g/mol. The summed E-state index contributed by atoms with van der Waals surface area (Å²) in [6, 6.07) is 6.74. The predicted octanol–water partition coefficient (Wildman–Crippen LogP) is 1.63. The number of halogens is 1. The van der Waals surface area contributed by atoms with Crippen LogP contribution in [-0.2, 0) is 9.59 Å². The van der Waals surface area contributed by atoms with Crippen molar-refractivity contribution in [1.82, 2.24) is 9.80 Å². The van der Waals surface area contributed by atoms with Gasteiger partial charge in [0, 0.05) is 24.7 Å². The fraction of sp³-hybridized carbons (Fsp3) is 0.529. The van der Waals surface area contributed by atoms with Crippen molar-refractivity contribution < 1.29 is 19.8 Å². The summed E-state index contributed by atoms with van der Waals surface area (Å²) in [6.45, 7) is 1.69. The average Bonchev–Trinajstić information content (AvgIpc) is 2.81. The molecule has 0 saturated carbocycles. The summed E-state index contributed by atoms with van der Waals surface area (Å²) in [5, 5.41) is 19.3. The van der Waals surface area contributed by atoms with Crippen LogP contribution in [0.5, 0.6) is 0 Å². The molecule has 3 atom stereocenters. The highest BCUT2D eigenvalue weighted by atomic mass is 35.5. The number of aliphatic carboxylic acids is 1. The van der Waals surface area contributed by atoms with Crippen molar-refractivity contribution in [3.05, 3.63) is 34.9 Å². The number of aliphatic hydroxyl groups is 1. The molecule has 1 fully saturated rings. The Balaban J connectivity index is 2.48. The van der Waals surface area contributed by atoms with Gasteiger partial charge in [0.1, 0.15) is 5.54 Å². The van der Waals surface area contributed by atoms with Crippen molar-refractivity contribution >= 4 is 23.5 Å². The molecule has 0 aliphatic carbocycles. The van der Waals surface area contributed by atoms with Gasteiger partial charge in [0.05, 0.1) is 12.5 Å². The van der Waals surface area contributed by atoms with Crippen LogP contribution in [0.2, 0.25) is 5.02 Å². The van der Waals surface area contributed by atoms with Crippen molar-refractivity contribution in [2.24, 2.45) is 5.92 Å². The van der Waals surface area contributed by atoms with Crippen LogP contribution in [0, 0.1) is 5.92 Å². The maximum atomic E-state index is 12.8. The van der Waals surface area contributed by atoms with Gasteiger partial charge in [0.15, 0.2) is 0 Å². The van der Waals surface area contributed by atoms with Crippen LogP contribution in [-0.4, -0.2) is 64.7 Å². The number of benzene rings is 1. The number of hydrogen-bond donors (Lipinski definition) is 2. The van der Waals surface area contributed by atoms with Crippen LogP contribution in [0.4, 0.5) is 0 Å². The van der Waals surface area contributed by atoms with Gasteiger partial charge in [-0.25, -0.2) is 0 Å². The third-order valence-corrected chi connectivity index (χ3v) is 5.35. The van der Waals surface area contributed by atoms with Gasteiger partial charge in [-0.2, -0.15) is 0 Å². The minimum atomic E-state index is -1.16. The Kier molecular flexibility index (Phi) is 5.52. The van der Waals surface area contributed by atoms with E-state index >= 15 is 0 Å². The Bertz CT molecular complexity index is 639. The Hall–Kier alpha value is -1.63. The van der Waals surface area contributed by atoms with E-state index in [2.05, 4.69) is 0 Å². The van der Waals surface area contributed by atoms with Crippen LogP contribution in [0.15, 0.2) is 24.3 Å². The van der Waals surface area contributed by atoms with Crippen molar-refractivity contribution in [2.75, 3.05) is 27.2 Å². The molecule has 2 N–H and O–H groups in total. The van der Waals surface area contributed by atoms with Crippen molar-refractivity contribution in [3.63, 3.8) is 0 Å². The average molecular weight is 355 g/mol. The Morgan fingerprint density at radius 1 is 1.42 bits per heavy atom. The molecule has 1 aromatic carbocycles. The van der Waals surface area contributed by atoms with Gasteiger partial charge in [-0.1, -0.05) is 29.8 Å². The van der Waals surface area contributed by atoms with Crippen LogP contribution < -0.4 is 0 Å². The second kappa shape index (κ2) is 7.09. The van der Waals surface area contributed by atoms with E-state index in [4.69, 9.17) is 16.7 Å². The summed E-state index contributed by atoms with van der Waals surface area (Å²) in [6.07, 6.45) is 0.184. The highest BCUT2D eigenvalue weighted by molar-refractivity contribution is 6.31. The summed E-state index contributed by atoms with van der Waals surface area (Å²) in [5.74, 6) is -1.71. The van der Waals surface area contributed by atoms with E-state index in [0.717, 1.165) is 5.56 Å². The summed E-state index contributed by atoms with van der Waals surface area (Å²) in [4.78, 5) is 27.8. The Labute approximate surface area is 146 Å². The zero-order chi connectivity index (χ0) is 18.1. The number of carboxylic acid groups (broad SMARTS) is 1. The molecule has 1 amide bonds. The highest BCUT2D eigenvalue weighted by Gasteiger charge is 2.55. The van der Waals surface area contributed by atoms with E-state index in [1.807, 2.05) is 12.1 Å². The summed E-state index contributed by atoms with van der Waals surface area (Å²) >= 11 is 6.31. The molecular formula is C17H23ClN2O4. The minimum absolute atomic E-state index is 0.141. The first-order valence-corrected chi connectivity index (χ1v) is 8.18. The standard InChI is InChI=1S/C17H23ClN2O4/c1-17(16(23)24)10-12(15(22)19(2)8-9-21)14(20(17)3)11-6-4-5-7-13(11)18/h4-7,12,14,21H,8-10H2,1-3H3,(H,23,24)/t12?,14?,17-/m0/s1. The van der Waals surface area contributed by atoms with Gasteiger partial charge < -0.3 is 15.1 Å². The Morgan fingerprint density at radius 2 is 2.04 bits per heavy atom. The van der Waals surface area contributed by atoms with Crippen LogP contribution in [0.25, 0.3) is 0 Å². The number of amides is 1. The molecule has 1 heterocycles. The largest absolute Gasteiger partial charge is 0.480 e. The molecule has 0 bridgehead atoms. The molecule has 132 valence electrons. The molecule has 0 spiro atoms. The van der Waals surface area contributed by atoms with E-state index in [-0.39, 0.29) is 25.5 Å². The zero-order valence-corrected chi connectivity index (χ0v) is 14.8. The fourth-order valence-electron chi connectivity index (χ4n) is 3.40. The molecule has 0 radical (unpaired) electrons. The predicted molar refractivity (Wildman–Crippen MR) is 90.8 cm³/mol. The lowest BCUT2D eigenvalue weighted by molar-refractivity contribution is -0.148. The molecule has 0 aromatic heterocycles. The van der Waals surface area contributed by atoms with Gasteiger partial charge in [0.25, 0.3) is 0 Å². The molecule has 7 heteroatoms. The number of aliphatic hydroxyl groups excluding tert-OH is 1. The van der Waals surface area contributed by atoms with E-state index in [0.29, 0.717) is 5.02 Å². The number of nitrogens with zero attached hydrogens (tertiary/aromatic N) is 2. The molecule has 1 aliphatic rings. The maximum absolute atomic E-state index is 12.8. The summed E-state index contributed by atoms with van der Waals surface area (Å²) < 4.78 is 0. The highest BCUT2D eigenvalue weighted by Crippen LogP contribution is 2.47. The zero-order valence-electron chi connectivity index (χ0n) is 14.1. The maximum Gasteiger partial charge on any atom is 0.323 e. The number of carboxylic acids is 1. The SMILES string of the molecule is CN(CCO)C(=O)C1C[C@@](C)(C(=O)O)N(C)C1c1ccccc1Cl. The normalized spacial score (nSPS) is 27.2. The second-order valence-corrected chi connectivity index (χ2v) is 6.86. The first-order chi connectivity index (χ1) is 11.2. The van der Waals surface area contributed by atoms with Gasteiger partial charge in [-0.15, -0.1) is 0 Å². The smallest absolute Gasteiger partial charge is 0.323 e. The van der Waals surface area contributed by atoms with Gasteiger partial charge in [0.2, 0.25) is 5.91 Å². The summed E-state index contributed by atoms with van der Waals surface area (Å²) in [7, 11) is 3.32. The van der Waals surface area contributed by atoms with Crippen LogP contribution >= 0.6 is 11.6 Å². The van der Waals surface area contributed by atoms with Crippen LogP contribution in [0.3, 0.4) is 0 Å². The molecule has 1 aromatic rings. The molecule has 6 nitrogen and oxygen atoms in total. The number of likely N-dealkylation sites (N-methyl/N-ethyl adjacent to an activating group) is 2. The third-order valence-electron chi connectivity index (χ3n) is 5.01. The number of rotatable bonds is 5. The monoisotopic (exact) mass is 354 g/mol. The van der Waals surface area contributed by atoms with Crippen LogP contribution in [0.1, 0.15) is 24.9 Å². The van der Waals surface area contributed by atoms with Crippen molar-refractivity contribution in [2.45, 2.75) is 24.9 Å². The number of carbonyl (C=O) groups is 2. The second-order valence-electron chi connectivity index (χ2n) is 6.45. The first-order valence-electron chi connectivity index (χ1n) is 7.80. The van der Waals surface area contributed by atoms with E-state index < -0.39 is 23.5 Å². The number of hydrogen-bond acceptors (Lipinski definition) is 4. The third kappa shape index (κ3) is 3.14. The topological polar surface area (TPSA) is 81.1 Å². The van der Waals surface area contributed by atoms with E-state index in [1.165, 1.54) is 4.90 Å². The van der Waals surface area contributed by atoms with E-state index in [1.54, 1.807) is 38.1 Å². The lowest BCUT2D eigenvalue weighted by Crippen LogP contribution is -2.46. The van der Waals surface area contributed by atoms with E-state index in [9.17, 15) is 14.7 Å². The lowest BCUT2D eigenvalue weighted by atomic mass is 9.89. The number of likely N-dealkylation sites (tertiary alicyclic amines) is 1. The minimum Gasteiger partial charge on any atom is -0.480 e. The summed E-state index contributed by atoms with van der Waals surface area (Å²) in [5.41, 5.74) is -0.424. The molecule has 1 aliphatic heterocycles. The molecule has 1 saturated heterocycles. The first kappa shape index (κ1) is 18.7. The lowest BCUT2D eigenvalue weighted by Gasteiger charge is -2.32. The number of carbonyl (C=O) groups excluding carboxylic acids is 1. The van der Waals surface area contributed by atoms with Crippen molar-refractivity contribution in [1.29, 1.82) is 0 Å². The fourth-order valence-corrected chi connectivity index (χ4v) is 3.65. The van der Waals surface area contributed by atoms with Crippen molar-refractivity contribution in [3.8, 4) is 0 Å². The van der Waals surface area contributed by atoms with Gasteiger partial charge in [-0.05, 0) is 32.0 Å². The molecule has 2 rings (SSSR count). The Morgan fingerprint density at radius 3 is 2.58 bits per heavy atom. The van der Waals surface area contributed by atoms with Gasteiger partial charge in [-0.3, -0.25) is 14.5 Å². The quantitative estimate of drug-likeness (QED) is 0.840. The molecule has 2 unspecified atom stereocenters.